The molecule has 1 rings (SSSR count). The fraction of sp³-hybridized carbons (Fsp3) is 0.300. The molecule has 4 nitrogen and oxygen atoms in total. The number of aromatic hydroxyl groups is 2. The van der Waals surface area contributed by atoms with Gasteiger partial charge in [0.05, 0.1) is 6.61 Å². The van der Waals surface area contributed by atoms with Crippen molar-refractivity contribution < 1.29 is 19.7 Å². The van der Waals surface area contributed by atoms with Gasteiger partial charge in [0.1, 0.15) is 0 Å². The predicted octanol–water partition coefficient (Wildman–Crippen LogP) is 1.32. The van der Waals surface area contributed by atoms with Crippen LogP contribution in [0.15, 0.2) is 18.2 Å². The molecule has 0 saturated carbocycles. The first-order valence-corrected chi connectivity index (χ1v) is 4.19. The minimum absolute atomic E-state index is 0.123. The highest BCUT2D eigenvalue weighted by Gasteiger charge is 2.08. The van der Waals surface area contributed by atoms with Gasteiger partial charge in [-0.2, -0.15) is 0 Å². The van der Waals surface area contributed by atoms with E-state index >= 15 is 0 Å². The van der Waals surface area contributed by atoms with Gasteiger partial charge in [0, 0.05) is 19.1 Å². The highest BCUT2D eigenvalue weighted by molar-refractivity contribution is 5.96. The fourth-order valence-corrected chi connectivity index (χ4v) is 1.04. The Kier molecular flexibility index (Phi) is 3.48. The first kappa shape index (κ1) is 10.5. The molecule has 0 bridgehead atoms. The summed E-state index contributed by atoms with van der Waals surface area (Å²) in [6.07, 6.45) is 0.265. The van der Waals surface area contributed by atoms with Crippen molar-refractivity contribution in [3.05, 3.63) is 23.8 Å². The van der Waals surface area contributed by atoms with Gasteiger partial charge in [0.2, 0.25) is 0 Å². The molecule has 0 saturated heterocycles. The van der Waals surface area contributed by atoms with E-state index in [-0.39, 0.29) is 23.7 Å². The number of hydrogen-bond acceptors (Lipinski definition) is 4. The molecular formula is C10H12O4. The van der Waals surface area contributed by atoms with E-state index in [1.54, 1.807) is 0 Å². The van der Waals surface area contributed by atoms with Gasteiger partial charge in [-0.15, -0.1) is 0 Å². The predicted molar refractivity (Wildman–Crippen MR) is 50.6 cm³/mol. The standard InChI is InChI=1S/C10H12O4/c1-14-5-4-8(11)7-2-3-9(12)10(13)6-7/h2-3,6,12-13H,4-5H2,1H3. The van der Waals surface area contributed by atoms with Crippen LogP contribution in [0.1, 0.15) is 16.8 Å². The number of ether oxygens (including phenoxy) is 1. The topological polar surface area (TPSA) is 66.8 Å². The van der Waals surface area contributed by atoms with Crippen molar-refractivity contribution >= 4 is 5.78 Å². The summed E-state index contributed by atoms with van der Waals surface area (Å²) in [6.45, 7) is 0.348. The maximum atomic E-state index is 11.4. The summed E-state index contributed by atoms with van der Waals surface area (Å²) in [5.41, 5.74) is 0.373. The number of ketones is 1. The smallest absolute Gasteiger partial charge is 0.165 e. The van der Waals surface area contributed by atoms with Crippen molar-refractivity contribution in [1.82, 2.24) is 0 Å². The molecule has 0 aliphatic rings. The third-order valence-electron chi connectivity index (χ3n) is 1.83. The molecular weight excluding hydrogens is 184 g/mol. The highest BCUT2D eigenvalue weighted by Crippen LogP contribution is 2.25. The van der Waals surface area contributed by atoms with Gasteiger partial charge in [0.15, 0.2) is 17.3 Å². The van der Waals surface area contributed by atoms with Crippen molar-refractivity contribution in [3.63, 3.8) is 0 Å². The lowest BCUT2D eigenvalue weighted by Crippen LogP contribution is -2.02. The summed E-state index contributed by atoms with van der Waals surface area (Å²) < 4.78 is 4.76. The molecule has 0 aliphatic heterocycles. The first-order chi connectivity index (χ1) is 6.65. The number of carbonyl (C=O) groups is 1. The SMILES string of the molecule is COCCC(=O)c1ccc(O)c(O)c1. The maximum absolute atomic E-state index is 11.4. The van der Waals surface area contributed by atoms with E-state index in [4.69, 9.17) is 14.9 Å². The van der Waals surface area contributed by atoms with Crippen molar-refractivity contribution in [1.29, 1.82) is 0 Å². The van der Waals surface area contributed by atoms with Crippen LogP contribution in [0.5, 0.6) is 11.5 Å². The molecule has 1 aromatic rings. The summed E-state index contributed by atoms with van der Waals surface area (Å²) in [6, 6.07) is 4.00. The second-order valence-corrected chi connectivity index (χ2v) is 2.87. The number of rotatable bonds is 4. The van der Waals surface area contributed by atoms with Gasteiger partial charge >= 0.3 is 0 Å². The average Bonchev–Trinajstić information content (AvgIpc) is 2.18. The summed E-state index contributed by atoms with van der Waals surface area (Å²) in [4.78, 5) is 11.4. The molecule has 0 amide bonds. The fourth-order valence-electron chi connectivity index (χ4n) is 1.04. The molecule has 0 heterocycles. The van der Waals surface area contributed by atoms with Crippen LogP contribution in [0.4, 0.5) is 0 Å². The molecule has 14 heavy (non-hydrogen) atoms. The van der Waals surface area contributed by atoms with Crippen molar-refractivity contribution in [2.24, 2.45) is 0 Å². The molecule has 76 valence electrons. The number of carbonyl (C=O) groups excluding carboxylic acids is 1. The van der Waals surface area contributed by atoms with E-state index in [1.165, 1.54) is 25.3 Å². The van der Waals surface area contributed by atoms with Gasteiger partial charge < -0.3 is 14.9 Å². The molecule has 0 spiro atoms. The second-order valence-electron chi connectivity index (χ2n) is 2.87. The van der Waals surface area contributed by atoms with E-state index in [0.29, 0.717) is 12.2 Å². The Hall–Kier alpha value is -1.55. The second kappa shape index (κ2) is 4.62. The highest BCUT2D eigenvalue weighted by atomic mass is 16.5. The summed E-state index contributed by atoms with van der Waals surface area (Å²) in [7, 11) is 1.52. The lowest BCUT2D eigenvalue weighted by molar-refractivity contribution is 0.0932. The molecule has 0 radical (unpaired) electrons. The first-order valence-electron chi connectivity index (χ1n) is 4.19. The summed E-state index contributed by atoms with van der Waals surface area (Å²) >= 11 is 0. The Labute approximate surface area is 81.8 Å². The lowest BCUT2D eigenvalue weighted by Gasteiger charge is -2.02. The largest absolute Gasteiger partial charge is 0.504 e. The molecule has 2 N–H and O–H groups in total. The third-order valence-corrected chi connectivity index (χ3v) is 1.83. The maximum Gasteiger partial charge on any atom is 0.165 e. The number of hydrogen-bond donors (Lipinski definition) is 2. The Bertz CT molecular complexity index is 333. The Morgan fingerprint density at radius 2 is 2.07 bits per heavy atom. The minimum atomic E-state index is -0.284. The number of phenolic OH excluding ortho intramolecular Hbond substituents is 2. The van der Waals surface area contributed by atoms with Crippen LogP contribution in [-0.4, -0.2) is 29.7 Å². The van der Waals surface area contributed by atoms with Gasteiger partial charge in [-0.25, -0.2) is 0 Å². The third kappa shape index (κ3) is 2.47. The van der Waals surface area contributed by atoms with E-state index in [1.807, 2.05) is 0 Å². The van der Waals surface area contributed by atoms with E-state index in [0.717, 1.165) is 0 Å². The molecule has 0 aromatic heterocycles. The van der Waals surface area contributed by atoms with Crippen molar-refractivity contribution in [3.8, 4) is 11.5 Å². The lowest BCUT2D eigenvalue weighted by atomic mass is 10.1. The number of phenols is 2. The van der Waals surface area contributed by atoms with Crippen molar-refractivity contribution in [2.75, 3.05) is 13.7 Å². The van der Waals surface area contributed by atoms with Crippen LogP contribution in [0, 0.1) is 0 Å². The summed E-state index contributed by atoms with van der Waals surface area (Å²) in [5.74, 6) is -0.635. The molecule has 0 atom stereocenters. The molecule has 1 aromatic carbocycles. The normalized spacial score (nSPS) is 10.1. The van der Waals surface area contributed by atoms with E-state index in [9.17, 15) is 4.79 Å². The van der Waals surface area contributed by atoms with Gasteiger partial charge in [-0.05, 0) is 18.2 Å². The number of methoxy groups -OCH3 is 1. The molecule has 0 aliphatic carbocycles. The van der Waals surface area contributed by atoms with Crippen molar-refractivity contribution in [2.45, 2.75) is 6.42 Å². The van der Waals surface area contributed by atoms with Crippen LogP contribution in [-0.2, 0) is 4.74 Å². The average molecular weight is 196 g/mol. The Morgan fingerprint density at radius 1 is 1.36 bits per heavy atom. The van der Waals surface area contributed by atoms with Crippen LogP contribution in [0.25, 0.3) is 0 Å². The summed E-state index contributed by atoms with van der Waals surface area (Å²) in [5, 5.41) is 18.2. The number of Topliss-reactive ketones (excluding diaryl/α,β-unsaturated/α-hetero) is 1. The van der Waals surface area contributed by atoms with Crippen LogP contribution >= 0.6 is 0 Å². The monoisotopic (exact) mass is 196 g/mol. The molecule has 0 fully saturated rings. The molecule has 0 unspecified atom stereocenters. The van der Waals surface area contributed by atoms with Gasteiger partial charge in [0.25, 0.3) is 0 Å². The number of benzene rings is 1. The molecule has 4 heteroatoms. The zero-order chi connectivity index (χ0) is 10.6. The van der Waals surface area contributed by atoms with Gasteiger partial charge in [-0.1, -0.05) is 0 Å². The quantitative estimate of drug-likeness (QED) is 0.563. The van der Waals surface area contributed by atoms with E-state index < -0.39 is 0 Å². The van der Waals surface area contributed by atoms with Crippen LogP contribution in [0.3, 0.4) is 0 Å². The van der Waals surface area contributed by atoms with E-state index in [2.05, 4.69) is 0 Å². The van der Waals surface area contributed by atoms with Crippen LogP contribution in [0.2, 0.25) is 0 Å². The zero-order valence-corrected chi connectivity index (χ0v) is 7.86. The Balaban J connectivity index is 2.76. The zero-order valence-electron chi connectivity index (χ0n) is 7.86. The minimum Gasteiger partial charge on any atom is -0.504 e. The van der Waals surface area contributed by atoms with Crippen LogP contribution < -0.4 is 0 Å². The van der Waals surface area contributed by atoms with Gasteiger partial charge in [-0.3, -0.25) is 4.79 Å². The Morgan fingerprint density at radius 3 is 2.64 bits per heavy atom.